The molecule has 0 atom stereocenters. The second-order valence-corrected chi connectivity index (χ2v) is 9.05. The van der Waals surface area contributed by atoms with Crippen molar-refractivity contribution < 1.29 is 29.0 Å². The first-order chi connectivity index (χ1) is 16.5. The van der Waals surface area contributed by atoms with Gasteiger partial charge in [0.2, 0.25) is 0 Å². The summed E-state index contributed by atoms with van der Waals surface area (Å²) in [5, 5.41) is 21.9. The van der Waals surface area contributed by atoms with Crippen LogP contribution in [0.25, 0.3) is 16.0 Å². The van der Waals surface area contributed by atoms with Gasteiger partial charge in [-0.15, -0.1) is 11.3 Å². The van der Waals surface area contributed by atoms with Crippen LogP contribution in [0.15, 0.2) is 60.7 Å². The molecule has 34 heavy (non-hydrogen) atoms. The quantitative estimate of drug-likeness (QED) is 0.335. The predicted octanol–water partition coefficient (Wildman–Crippen LogP) is 6.12. The average molecular weight is 480 g/mol. The van der Waals surface area contributed by atoms with Gasteiger partial charge in [0.15, 0.2) is 11.4 Å². The largest absolute Gasteiger partial charge is 0.477 e. The number of rotatable bonds is 6. The summed E-state index contributed by atoms with van der Waals surface area (Å²) >= 11 is 1.13. The van der Waals surface area contributed by atoms with Crippen LogP contribution in [0.5, 0.6) is 11.5 Å². The van der Waals surface area contributed by atoms with E-state index in [0.29, 0.717) is 59.3 Å². The molecule has 0 saturated carbocycles. The van der Waals surface area contributed by atoms with Crippen molar-refractivity contribution in [3.8, 4) is 21.9 Å². The highest BCUT2D eigenvalue weighted by molar-refractivity contribution is 7.17. The van der Waals surface area contributed by atoms with Gasteiger partial charge >= 0.3 is 11.7 Å². The van der Waals surface area contributed by atoms with Gasteiger partial charge in [0, 0.05) is 12.8 Å². The summed E-state index contributed by atoms with van der Waals surface area (Å²) in [4.78, 5) is 24.3. The van der Waals surface area contributed by atoms with E-state index in [9.17, 15) is 20.0 Å². The molecular formula is C25H21NO7S. The van der Waals surface area contributed by atoms with Crippen molar-refractivity contribution in [2.24, 2.45) is 0 Å². The molecule has 0 amide bonds. The molecule has 8 nitrogen and oxygen atoms in total. The molecule has 9 heteroatoms. The van der Waals surface area contributed by atoms with E-state index in [4.69, 9.17) is 14.2 Å². The Kier molecular flexibility index (Phi) is 5.91. The van der Waals surface area contributed by atoms with Crippen LogP contribution in [-0.2, 0) is 9.47 Å². The maximum Gasteiger partial charge on any atom is 0.344 e. The monoisotopic (exact) mass is 479 g/mol. The molecule has 0 unspecified atom stereocenters. The number of nitro groups is 1. The number of allylic oxidation sites excluding steroid dienone is 1. The molecule has 3 aromatic rings. The Morgan fingerprint density at radius 2 is 1.71 bits per heavy atom. The number of para-hydroxylation sites is 1. The van der Waals surface area contributed by atoms with Gasteiger partial charge in [-0.05, 0) is 54.0 Å². The summed E-state index contributed by atoms with van der Waals surface area (Å²) in [5.74, 6) is -0.741. The van der Waals surface area contributed by atoms with E-state index in [2.05, 4.69) is 0 Å². The molecule has 2 heterocycles. The lowest BCUT2D eigenvalue weighted by Gasteiger charge is -2.30. The number of benzene rings is 2. The maximum atomic E-state index is 12.1. The summed E-state index contributed by atoms with van der Waals surface area (Å²) in [7, 11) is 0. The Balaban J connectivity index is 1.51. The molecule has 1 aromatic heterocycles. The third-order valence-electron chi connectivity index (χ3n) is 5.91. The van der Waals surface area contributed by atoms with Gasteiger partial charge in [0.1, 0.15) is 16.4 Å². The normalized spacial score (nSPS) is 16.9. The average Bonchev–Trinajstić information content (AvgIpc) is 3.46. The molecular weight excluding hydrogens is 458 g/mol. The maximum absolute atomic E-state index is 12.1. The SMILES string of the molecule is O=C(O)c1c(-c2ccc(Oc3ccccc3)cc2)sc(C2=CCC3(CC2)OCCO3)c1[N+](=O)[O-]. The number of thiophene rings is 1. The van der Waals surface area contributed by atoms with Gasteiger partial charge in [-0.2, -0.15) is 0 Å². The van der Waals surface area contributed by atoms with Crippen LogP contribution in [-0.4, -0.2) is 35.0 Å². The lowest BCUT2D eigenvalue weighted by Crippen LogP contribution is -2.31. The van der Waals surface area contributed by atoms with E-state index in [1.807, 2.05) is 36.4 Å². The third kappa shape index (κ3) is 4.21. The smallest absolute Gasteiger partial charge is 0.344 e. The van der Waals surface area contributed by atoms with Crippen LogP contribution in [0, 0.1) is 10.1 Å². The van der Waals surface area contributed by atoms with Gasteiger partial charge in [-0.1, -0.05) is 24.3 Å². The zero-order valence-corrected chi connectivity index (χ0v) is 18.9. The van der Waals surface area contributed by atoms with E-state index >= 15 is 0 Å². The second kappa shape index (κ2) is 9.02. The van der Waals surface area contributed by atoms with Crippen LogP contribution in [0.1, 0.15) is 34.5 Å². The van der Waals surface area contributed by atoms with Gasteiger partial charge in [-0.25, -0.2) is 4.79 Å². The molecule has 174 valence electrons. The Bertz CT molecular complexity index is 1260. The van der Waals surface area contributed by atoms with Crippen LogP contribution < -0.4 is 4.74 Å². The molecule has 0 bridgehead atoms. The summed E-state index contributed by atoms with van der Waals surface area (Å²) in [6, 6.07) is 16.1. The van der Waals surface area contributed by atoms with Crippen LogP contribution >= 0.6 is 11.3 Å². The van der Waals surface area contributed by atoms with Crippen molar-refractivity contribution in [1.29, 1.82) is 0 Å². The number of ether oxygens (including phenoxy) is 3. The molecule has 1 saturated heterocycles. The first kappa shape index (κ1) is 22.3. The molecule has 1 fully saturated rings. The lowest BCUT2D eigenvalue weighted by atomic mass is 9.92. The lowest BCUT2D eigenvalue weighted by molar-refractivity contribution is -0.385. The minimum atomic E-state index is -1.33. The summed E-state index contributed by atoms with van der Waals surface area (Å²) < 4.78 is 17.3. The highest BCUT2D eigenvalue weighted by Crippen LogP contribution is 2.48. The molecule has 2 aromatic carbocycles. The number of carboxylic acids is 1. The van der Waals surface area contributed by atoms with Crippen molar-refractivity contribution in [3.63, 3.8) is 0 Å². The minimum Gasteiger partial charge on any atom is -0.477 e. The zero-order valence-electron chi connectivity index (χ0n) is 18.1. The number of carboxylic acid groups (broad SMARTS) is 1. The number of aromatic carboxylic acids is 1. The van der Waals surface area contributed by atoms with Gasteiger partial charge in [0.25, 0.3) is 0 Å². The van der Waals surface area contributed by atoms with Gasteiger partial charge in [-0.3, -0.25) is 10.1 Å². The highest BCUT2D eigenvalue weighted by Gasteiger charge is 2.40. The van der Waals surface area contributed by atoms with Crippen LogP contribution in [0.2, 0.25) is 0 Å². The molecule has 1 spiro atoms. The fraction of sp³-hybridized carbons (Fsp3) is 0.240. The fourth-order valence-corrected chi connectivity index (χ4v) is 5.62. The predicted molar refractivity (Wildman–Crippen MR) is 126 cm³/mol. The topological polar surface area (TPSA) is 108 Å². The van der Waals surface area contributed by atoms with Crippen molar-refractivity contribution in [2.75, 3.05) is 13.2 Å². The zero-order chi connectivity index (χ0) is 23.7. The highest BCUT2D eigenvalue weighted by atomic mass is 32.1. The minimum absolute atomic E-state index is 0.295. The molecule has 1 aliphatic heterocycles. The van der Waals surface area contributed by atoms with Crippen molar-refractivity contribution in [2.45, 2.75) is 25.0 Å². The van der Waals surface area contributed by atoms with E-state index in [-0.39, 0.29) is 11.3 Å². The molecule has 5 rings (SSSR count). The number of nitrogens with zero attached hydrogens (tertiary/aromatic N) is 1. The van der Waals surface area contributed by atoms with Crippen LogP contribution in [0.3, 0.4) is 0 Å². The Morgan fingerprint density at radius 3 is 2.29 bits per heavy atom. The molecule has 1 N–H and O–H groups in total. The van der Waals surface area contributed by atoms with Crippen molar-refractivity contribution in [3.05, 3.63) is 81.2 Å². The van der Waals surface area contributed by atoms with Gasteiger partial charge < -0.3 is 19.3 Å². The third-order valence-corrected chi connectivity index (χ3v) is 7.22. The molecule has 2 aliphatic rings. The summed E-state index contributed by atoms with van der Waals surface area (Å²) in [6.07, 6.45) is 3.42. The summed E-state index contributed by atoms with van der Waals surface area (Å²) in [5.41, 5.74) is 0.663. The Labute approximate surface area is 199 Å². The van der Waals surface area contributed by atoms with E-state index in [0.717, 1.165) is 16.9 Å². The Hall–Kier alpha value is -3.53. The first-order valence-corrected chi connectivity index (χ1v) is 11.6. The van der Waals surface area contributed by atoms with E-state index in [1.54, 1.807) is 24.3 Å². The molecule has 0 radical (unpaired) electrons. The van der Waals surface area contributed by atoms with Crippen molar-refractivity contribution >= 4 is 28.6 Å². The fourth-order valence-electron chi connectivity index (χ4n) is 4.29. The number of carbonyl (C=O) groups is 1. The Morgan fingerprint density at radius 1 is 1.03 bits per heavy atom. The second-order valence-electron chi connectivity index (χ2n) is 8.03. The van der Waals surface area contributed by atoms with E-state index < -0.39 is 16.7 Å². The summed E-state index contributed by atoms with van der Waals surface area (Å²) in [6.45, 7) is 1.05. The standard InChI is InChI=1S/C25H21NO7S/c27-24(28)20-21(26(29)30)23(17-10-12-25(13-11-17)31-14-15-32-25)34-22(20)16-6-8-19(9-7-16)33-18-4-2-1-3-5-18/h1-10H,11-15H2,(H,27,28). The number of hydrogen-bond donors (Lipinski definition) is 1. The van der Waals surface area contributed by atoms with Gasteiger partial charge in [0.05, 0.1) is 23.0 Å². The van der Waals surface area contributed by atoms with Crippen molar-refractivity contribution in [1.82, 2.24) is 0 Å². The molecule has 1 aliphatic carbocycles. The number of hydrogen-bond acceptors (Lipinski definition) is 7. The first-order valence-electron chi connectivity index (χ1n) is 10.8. The van der Waals surface area contributed by atoms with Crippen LogP contribution in [0.4, 0.5) is 5.69 Å². The van der Waals surface area contributed by atoms with E-state index in [1.165, 1.54) is 0 Å².